The standard InChI is InChI=1S/C11H7F2NO2/c1-6-14-10(11(15)16-6)4-7-2-8(12)5-9(13)3-7/h2-5H,1H3/b10-4-. The Morgan fingerprint density at radius 1 is 1.25 bits per heavy atom. The second kappa shape index (κ2) is 3.84. The fraction of sp³-hybridized carbons (Fsp3) is 0.0909. The molecule has 16 heavy (non-hydrogen) atoms. The largest absolute Gasteiger partial charge is 0.407 e. The van der Waals surface area contributed by atoms with Crippen molar-refractivity contribution >= 4 is 17.9 Å². The first-order valence-corrected chi connectivity index (χ1v) is 4.50. The van der Waals surface area contributed by atoms with Crippen LogP contribution in [0.4, 0.5) is 8.78 Å². The first-order chi connectivity index (χ1) is 7.54. The van der Waals surface area contributed by atoms with E-state index >= 15 is 0 Å². The Kier molecular flexibility index (Phi) is 2.52. The zero-order valence-electron chi connectivity index (χ0n) is 8.33. The Morgan fingerprint density at radius 2 is 1.88 bits per heavy atom. The Hall–Kier alpha value is -2.04. The molecule has 82 valence electrons. The van der Waals surface area contributed by atoms with Crippen molar-refractivity contribution in [2.75, 3.05) is 0 Å². The van der Waals surface area contributed by atoms with Crippen LogP contribution in [0.3, 0.4) is 0 Å². The maximum absolute atomic E-state index is 12.9. The number of nitrogens with zero attached hydrogens (tertiary/aromatic N) is 1. The summed E-state index contributed by atoms with van der Waals surface area (Å²) in [7, 11) is 0. The van der Waals surface area contributed by atoms with E-state index in [-0.39, 0.29) is 17.2 Å². The van der Waals surface area contributed by atoms with Gasteiger partial charge in [-0.3, -0.25) is 0 Å². The average molecular weight is 223 g/mol. The molecule has 0 aromatic heterocycles. The predicted molar refractivity (Wildman–Crippen MR) is 53.5 cm³/mol. The molecular weight excluding hydrogens is 216 g/mol. The van der Waals surface area contributed by atoms with E-state index in [1.54, 1.807) is 0 Å². The van der Waals surface area contributed by atoms with E-state index in [0.717, 1.165) is 18.2 Å². The molecule has 0 bridgehead atoms. The summed E-state index contributed by atoms with van der Waals surface area (Å²) >= 11 is 0. The summed E-state index contributed by atoms with van der Waals surface area (Å²) < 4.78 is 30.4. The molecule has 0 amide bonds. The van der Waals surface area contributed by atoms with Crippen LogP contribution in [-0.2, 0) is 9.53 Å². The summed E-state index contributed by atoms with van der Waals surface area (Å²) in [4.78, 5) is 15.0. The van der Waals surface area contributed by atoms with Crippen LogP contribution in [0.15, 0.2) is 28.9 Å². The predicted octanol–water partition coefficient (Wildman–Crippen LogP) is 2.28. The van der Waals surface area contributed by atoms with Crippen molar-refractivity contribution in [3.05, 3.63) is 41.1 Å². The third-order valence-corrected chi connectivity index (χ3v) is 1.92. The molecule has 5 heteroatoms. The van der Waals surface area contributed by atoms with Gasteiger partial charge in [-0.05, 0) is 23.8 Å². The number of cyclic esters (lactones) is 1. The molecule has 0 unspecified atom stereocenters. The maximum atomic E-state index is 12.9. The fourth-order valence-corrected chi connectivity index (χ4v) is 1.33. The summed E-state index contributed by atoms with van der Waals surface area (Å²) in [6.07, 6.45) is 1.27. The number of ether oxygens (including phenoxy) is 1. The van der Waals surface area contributed by atoms with Gasteiger partial charge in [0.05, 0.1) is 0 Å². The van der Waals surface area contributed by atoms with Gasteiger partial charge in [-0.25, -0.2) is 18.6 Å². The topological polar surface area (TPSA) is 38.7 Å². The van der Waals surface area contributed by atoms with Crippen LogP contribution in [0.1, 0.15) is 12.5 Å². The molecule has 1 aliphatic rings. The van der Waals surface area contributed by atoms with Gasteiger partial charge in [0.2, 0.25) is 0 Å². The molecule has 1 heterocycles. The average Bonchev–Trinajstić information content (AvgIpc) is 2.43. The lowest BCUT2D eigenvalue weighted by Gasteiger charge is -1.95. The van der Waals surface area contributed by atoms with Crippen LogP contribution < -0.4 is 0 Å². The highest BCUT2D eigenvalue weighted by Crippen LogP contribution is 2.16. The monoisotopic (exact) mass is 223 g/mol. The number of hydrogen-bond acceptors (Lipinski definition) is 3. The van der Waals surface area contributed by atoms with Gasteiger partial charge in [0, 0.05) is 13.0 Å². The molecular formula is C11H7F2NO2. The van der Waals surface area contributed by atoms with Crippen LogP contribution in [0.5, 0.6) is 0 Å². The van der Waals surface area contributed by atoms with E-state index in [1.807, 2.05) is 0 Å². The summed E-state index contributed by atoms with van der Waals surface area (Å²) in [6, 6.07) is 2.96. The minimum atomic E-state index is -0.709. The smallest absolute Gasteiger partial charge is 0.363 e. The van der Waals surface area contributed by atoms with Crippen molar-refractivity contribution in [1.82, 2.24) is 0 Å². The lowest BCUT2D eigenvalue weighted by atomic mass is 10.2. The third-order valence-electron chi connectivity index (χ3n) is 1.92. The summed E-state index contributed by atoms with van der Waals surface area (Å²) in [5, 5.41) is 0. The minimum Gasteiger partial charge on any atom is -0.407 e. The van der Waals surface area contributed by atoms with Crippen LogP contribution >= 0.6 is 0 Å². The number of hydrogen-bond donors (Lipinski definition) is 0. The number of halogens is 2. The number of aliphatic imine (C=N–C) groups is 1. The maximum Gasteiger partial charge on any atom is 0.363 e. The van der Waals surface area contributed by atoms with Crippen molar-refractivity contribution in [1.29, 1.82) is 0 Å². The van der Waals surface area contributed by atoms with E-state index < -0.39 is 17.6 Å². The zero-order chi connectivity index (χ0) is 11.7. The Morgan fingerprint density at radius 3 is 2.38 bits per heavy atom. The van der Waals surface area contributed by atoms with Gasteiger partial charge in [-0.1, -0.05) is 0 Å². The van der Waals surface area contributed by atoms with E-state index in [2.05, 4.69) is 9.73 Å². The SMILES string of the molecule is CC1=N/C(=C\c2cc(F)cc(F)c2)C(=O)O1. The minimum absolute atomic E-state index is 0.0301. The van der Waals surface area contributed by atoms with Crippen LogP contribution in [0.25, 0.3) is 6.08 Å². The number of carbonyl (C=O) groups is 1. The van der Waals surface area contributed by atoms with Crippen molar-refractivity contribution in [3.63, 3.8) is 0 Å². The van der Waals surface area contributed by atoms with Crippen molar-refractivity contribution < 1.29 is 18.3 Å². The van der Waals surface area contributed by atoms with Crippen molar-refractivity contribution in [2.45, 2.75) is 6.92 Å². The van der Waals surface area contributed by atoms with Crippen LogP contribution in [-0.4, -0.2) is 11.9 Å². The zero-order valence-corrected chi connectivity index (χ0v) is 8.33. The second-order valence-corrected chi connectivity index (χ2v) is 3.25. The normalized spacial score (nSPS) is 17.6. The third kappa shape index (κ3) is 2.13. The lowest BCUT2D eigenvalue weighted by molar-refractivity contribution is -0.130. The fourth-order valence-electron chi connectivity index (χ4n) is 1.33. The molecule has 0 aliphatic carbocycles. The molecule has 3 nitrogen and oxygen atoms in total. The first kappa shape index (κ1) is 10.5. The van der Waals surface area contributed by atoms with Crippen LogP contribution in [0, 0.1) is 11.6 Å². The Labute approximate surface area is 90.1 Å². The highest BCUT2D eigenvalue weighted by atomic mass is 19.1. The van der Waals surface area contributed by atoms with E-state index in [4.69, 9.17) is 0 Å². The van der Waals surface area contributed by atoms with Gasteiger partial charge in [0.1, 0.15) is 11.6 Å². The molecule has 0 radical (unpaired) electrons. The van der Waals surface area contributed by atoms with E-state index in [1.165, 1.54) is 13.0 Å². The number of esters is 1. The summed E-state index contributed by atoms with van der Waals surface area (Å²) in [5.74, 6) is -1.83. The van der Waals surface area contributed by atoms with Crippen LogP contribution in [0.2, 0.25) is 0 Å². The molecule has 1 aliphatic heterocycles. The number of benzene rings is 1. The van der Waals surface area contributed by atoms with Crippen molar-refractivity contribution in [2.24, 2.45) is 4.99 Å². The van der Waals surface area contributed by atoms with Gasteiger partial charge >= 0.3 is 5.97 Å². The molecule has 0 saturated carbocycles. The van der Waals surface area contributed by atoms with Gasteiger partial charge in [-0.2, -0.15) is 0 Å². The molecule has 0 N–H and O–H groups in total. The highest BCUT2D eigenvalue weighted by molar-refractivity contribution is 6.06. The van der Waals surface area contributed by atoms with Crippen molar-refractivity contribution in [3.8, 4) is 0 Å². The Balaban J connectivity index is 2.39. The van der Waals surface area contributed by atoms with E-state index in [0.29, 0.717) is 0 Å². The summed E-state index contributed by atoms with van der Waals surface area (Å²) in [5.41, 5.74) is 0.255. The van der Waals surface area contributed by atoms with Gasteiger partial charge in [0.15, 0.2) is 11.6 Å². The number of carbonyl (C=O) groups excluding carboxylic acids is 1. The molecule has 1 aromatic rings. The number of rotatable bonds is 1. The molecule has 1 aromatic carbocycles. The van der Waals surface area contributed by atoms with E-state index in [9.17, 15) is 13.6 Å². The molecule has 0 spiro atoms. The molecule has 2 rings (SSSR count). The highest BCUT2D eigenvalue weighted by Gasteiger charge is 2.19. The molecule has 0 fully saturated rings. The second-order valence-electron chi connectivity index (χ2n) is 3.25. The Bertz CT molecular complexity index is 500. The molecule has 0 saturated heterocycles. The summed E-state index contributed by atoms with van der Waals surface area (Å²) in [6.45, 7) is 1.52. The molecule has 0 atom stereocenters. The lowest BCUT2D eigenvalue weighted by Crippen LogP contribution is -1.99. The first-order valence-electron chi connectivity index (χ1n) is 4.50. The van der Waals surface area contributed by atoms with Gasteiger partial charge in [0.25, 0.3) is 0 Å². The van der Waals surface area contributed by atoms with Gasteiger partial charge in [-0.15, -0.1) is 0 Å². The van der Waals surface area contributed by atoms with Gasteiger partial charge < -0.3 is 4.74 Å². The quantitative estimate of drug-likeness (QED) is 0.541.